The Kier molecular flexibility index (Phi) is 3.99. The lowest BCUT2D eigenvalue weighted by molar-refractivity contribution is -0.329. The summed E-state index contributed by atoms with van der Waals surface area (Å²) < 4.78 is 31.3. The van der Waals surface area contributed by atoms with Crippen LogP contribution in [0.5, 0.6) is 0 Å². The van der Waals surface area contributed by atoms with Crippen molar-refractivity contribution in [3.8, 4) is 0 Å². The summed E-state index contributed by atoms with van der Waals surface area (Å²) in [6, 6.07) is -2.42. The minimum Gasteiger partial charge on any atom is -0.460 e. The van der Waals surface area contributed by atoms with Crippen molar-refractivity contribution < 1.29 is 32.7 Å². The zero-order valence-electron chi connectivity index (χ0n) is 11.3. The van der Waals surface area contributed by atoms with Crippen LogP contribution >= 0.6 is 0 Å². The smallest absolute Gasteiger partial charge is 0.460 e. The van der Waals surface area contributed by atoms with Crippen molar-refractivity contribution in [2.45, 2.75) is 38.0 Å². The summed E-state index contributed by atoms with van der Waals surface area (Å²) in [4.78, 5) is 39.6. The number of rotatable bonds is 5. The second-order valence-electron chi connectivity index (χ2n) is 4.74. The van der Waals surface area contributed by atoms with Crippen LogP contribution in [0.15, 0.2) is 0 Å². The summed E-state index contributed by atoms with van der Waals surface area (Å²) in [5, 5.41) is 0.430. The van der Waals surface area contributed by atoms with Crippen LogP contribution in [0, 0.1) is 0 Å². The Balaban J connectivity index is 2.10. The molecular weight excluding hydrogens is 292 g/mol. The van der Waals surface area contributed by atoms with Gasteiger partial charge in [-0.1, -0.05) is 0 Å². The van der Waals surface area contributed by atoms with Crippen LogP contribution in [0.25, 0.3) is 0 Å². The normalized spacial score (nSPS) is 25.2. The molecule has 2 fully saturated rings. The highest BCUT2D eigenvalue weighted by Gasteiger charge is 2.53. The zero-order valence-corrected chi connectivity index (χ0v) is 11.3. The molecular formula is C11H15F2N3O5. The first-order chi connectivity index (χ1) is 9.77. The molecule has 0 aromatic heterocycles. The topological polar surface area (TPSA) is 102 Å². The molecule has 21 heavy (non-hydrogen) atoms. The number of fused-ring (bicyclic) bond motifs is 2. The number of esters is 1. The van der Waals surface area contributed by atoms with E-state index in [0.717, 1.165) is 4.90 Å². The largest absolute Gasteiger partial charge is 0.477 e. The number of ether oxygens (including phenoxy) is 1. The lowest BCUT2D eigenvalue weighted by atomic mass is 10.0. The lowest BCUT2D eigenvalue weighted by Gasteiger charge is -2.27. The number of alkyl halides is 2. The highest BCUT2D eigenvalue weighted by molar-refractivity contribution is 5.87. The van der Waals surface area contributed by atoms with E-state index < -0.39 is 36.1 Å². The van der Waals surface area contributed by atoms with E-state index in [-0.39, 0.29) is 26.0 Å². The molecule has 2 atom stereocenters. The van der Waals surface area contributed by atoms with Gasteiger partial charge in [0.2, 0.25) is 5.91 Å². The third-order valence-electron chi connectivity index (χ3n) is 3.38. The van der Waals surface area contributed by atoms with Crippen LogP contribution in [0.2, 0.25) is 0 Å². The lowest BCUT2D eigenvalue weighted by Crippen LogP contribution is -2.48. The number of hydrogen-bond donors (Lipinski definition) is 1. The molecule has 2 aliphatic rings. The zero-order chi connectivity index (χ0) is 15.8. The van der Waals surface area contributed by atoms with Crippen molar-refractivity contribution >= 4 is 17.9 Å². The maximum Gasteiger partial charge on any atom is 0.477 e. The SMILES string of the molecule is CCOC(=O)C(F)(F)ON1C(=O)N2CC1CCC2C(N)=O. The van der Waals surface area contributed by atoms with Crippen molar-refractivity contribution in [1.82, 2.24) is 9.96 Å². The summed E-state index contributed by atoms with van der Waals surface area (Å²) in [5.41, 5.74) is 5.16. The van der Waals surface area contributed by atoms with Gasteiger partial charge in [0.05, 0.1) is 12.6 Å². The molecule has 0 aromatic rings. The highest BCUT2D eigenvalue weighted by atomic mass is 19.3. The Hall–Kier alpha value is -1.97. The van der Waals surface area contributed by atoms with Crippen LogP contribution in [-0.4, -0.2) is 59.2 Å². The number of amides is 3. The minimum absolute atomic E-state index is 0.0470. The van der Waals surface area contributed by atoms with Crippen LogP contribution in [0.3, 0.4) is 0 Å². The van der Waals surface area contributed by atoms with Gasteiger partial charge in [-0.25, -0.2) is 9.59 Å². The monoisotopic (exact) mass is 307 g/mol. The quantitative estimate of drug-likeness (QED) is 0.710. The van der Waals surface area contributed by atoms with Gasteiger partial charge in [0.1, 0.15) is 6.04 Å². The number of hydroxylamine groups is 2. The average Bonchev–Trinajstić information content (AvgIpc) is 2.63. The Labute approximate surface area is 118 Å². The van der Waals surface area contributed by atoms with Gasteiger partial charge in [-0.3, -0.25) is 4.79 Å². The summed E-state index contributed by atoms with van der Waals surface area (Å²) in [6.07, 6.45) is -3.74. The van der Waals surface area contributed by atoms with Crippen LogP contribution < -0.4 is 5.73 Å². The molecule has 2 heterocycles. The molecule has 118 valence electrons. The molecule has 2 aliphatic heterocycles. The molecule has 10 heteroatoms. The maximum atomic E-state index is 13.5. The van der Waals surface area contributed by atoms with Gasteiger partial charge in [-0.05, 0) is 19.8 Å². The molecule has 2 N–H and O–H groups in total. The summed E-state index contributed by atoms with van der Waals surface area (Å²) in [6.45, 7) is 1.17. The number of carbonyl (C=O) groups is 3. The second kappa shape index (κ2) is 5.43. The molecule has 0 spiro atoms. The molecule has 0 saturated carbocycles. The number of piperidine rings is 1. The third kappa shape index (κ3) is 2.75. The summed E-state index contributed by atoms with van der Waals surface area (Å²) in [7, 11) is 0. The molecule has 2 unspecified atom stereocenters. The molecule has 2 rings (SSSR count). The maximum absolute atomic E-state index is 13.5. The first-order valence-corrected chi connectivity index (χ1v) is 6.41. The highest BCUT2D eigenvalue weighted by Crippen LogP contribution is 2.33. The van der Waals surface area contributed by atoms with Crippen molar-refractivity contribution in [3.05, 3.63) is 0 Å². The number of nitrogens with zero attached hydrogens (tertiary/aromatic N) is 2. The first-order valence-electron chi connectivity index (χ1n) is 6.41. The summed E-state index contributed by atoms with van der Waals surface area (Å²) >= 11 is 0. The van der Waals surface area contributed by atoms with Gasteiger partial charge >= 0.3 is 18.1 Å². The molecule has 2 bridgehead atoms. The van der Waals surface area contributed by atoms with Crippen LogP contribution in [-0.2, 0) is 19.2 Å². The van der Waals surface area contributed by atoms with E-state index in [1.807, 2.05) is 0 Å². The van der Waals surface area contributed by atoms with E-state index in [4.69, 9.17) is 5.73 Å². The van der Waals surface area contributed by atoms with Crippen LogP contribution in [0.4, 0.5) is 13.6 Å². The van der Waals surface area contributed by atoms with E-state index in [1.54, 1.807) is 0 Å². The molecule has 0 radical (unpaired) electrons. The average molecular weight is 307 g/mol. The number of urea groups is 1. The van der Waals surface area contributed by atoms with Crippen molar-refractivity contribution in [2.24, 2.45) is 5.73 Å². The van der Waals surface area contributed by atoms with E-state index in [2.05, 4.69) is 9.57 Å². The third-order valence-corrected chi connectivity index (χ3v) is 3.38. The van der Waals surface area contributed by atoms with E-state index in [9.17, 15) is 23.2 Å². The fraction of sp³-hybridized carbons (Fsp3) is 0.727. The Bertz CT molecular complexity index is 473. The van der Waals surface area contributed by atoms with Gasteiger partial charge in [-0.2, -0.15) is 18.7 Å². The minimum atomic E-state index is -4.27. The molecule has 8 nitrogen and oxygen atoms in total. The molecule has 0 aliphatic carbocycles. The first kappa shape index (κ1) is 15.4. The van der Waals surface area contributed by atoms with Crippen LogP contribution in [0.1, 0.15) is 19.8 Å². The second-order valence-corrected chi connectivity index (χ2v) is 4.74. The number of nitrogens with two attached hydrogens (primary N) is 1. The number of hydrogen-bond acceptors (Lipinski definition) is 5. The molecule has 0 aromatic carbocycles. The predicted octanol–water partition coefficient (Wildman–Crippen LogP) is -0.172. The van der Waals surface area contributed by atoms with Crippen molar-refractivity contribution in [2.75, 3.05) is 13.2 Å². The summed E-state index contributed by atoms with van der Waals surface area (Å²) in [5.74, 6) is -2.58. The number of halogens is 2. The number of primary amides is 1. The Morgan fingerprint density at radius 2 is 2.10 bits per heavy atom. The number of carbonyl (C=O) groups excluding carboxylic acids is 3. The van der Waals surface area contributed by atoms with Gasteiger partial charge in [0.15, 0.2) is 0 Å². The standard InChI is InChI=1S/C11H15F2N3O5/c1-2-20-9(18)11(12,13)21-16-6-3-4-7(8(14)17)15(5-6)10(16)19/h6-7H,2-5H2,1H3,(H2,14,17). The fourth-order valence-electron chi connectivity index (χ4n) is 2.42. The van der Waals surface area contributed by atoms with Crippen molar-refractivity contribution in [3.63, 3.8) is 0 Å². The fourth-order valence-corrected chi connectivity index (χ4v) is 2.42. The van der Waals surface area contributed by atoms with Gasteiger partial charge in [0.25, 0.3) is 0 Å². The Morgan fingerprint density at radius 1 is 1.43 bits per heavy atom. The van der Waals surface area contributed by atoms with Crippen molar-refractivity contribution in [1.29, 1.82) is 0 Å². The molecule has 2 saturated heterocycles. The van der Waals surface area contributed by atoms with Gasteiger partial charge in [0, 0.05) is 6.54 Å². The Morgan fingerprint density at radius 3 is 2.67 bits per heavy atom. The van der Waals surface area contributed by atoms with E-state index in [1.165, 1.54) is 6.92 Å². The van der Waals surface area contributed by atoms with E-state index >= 15 is 0 Å². The van der Waals surface area contributed by atoms with Gasteiger partial charge in [-0.15, -0.1) is 0 Å². The van der Waals surface area contributed by atoms with E-state index in [0.29, 0.717) is 5.06 Å². The molecule has 3 amide bonds. The predicted molar refractivity (Wildman–Crippen MR) is 62.6 cm³/mol. The van der Waals surface area contributed by atoms with Gasteiger partial charge < -0.3 is 15.4 Å².